The van der Waals surface area contributed by atoms with Crippen molar-refractivity contribution in [2.45, 2.75) is 136 Å². The van der Waals surface area contributed by atoms with Gasteiger partial charge in [0.05, 0.1) is 0 Å². The Labute approximate surface area is 237 Å². The molecule has 4 heteroatoms. The molecule has 1 aromatic rings. The molecule has 0 radical (unpaired) electrons. The summed E-state index contributed by atoms with van der Waals surface area (Å²) >= 11 is -2.45. The molecule has 5 atom stereocenters. The molecule has 212 valence electrons. The Morgan fingerprint density at radius 3 is 2.29 bits per heavy atom. The average Bonchev–Trinajstić information content (AvgIpc) is 3.18. The molecule has 0 saturated heterocycles. The first kappa shape index (κ1) is 30.2. The maximum absolute atomic E-state index is 12.4. The van der Waals surface area contributed by atoms with Crippen LogP contribution in [-0.2, 0) is 11.2 Å². The van der Waals surface area contributed by atoms with Crippen LogP contribution in [0.4, 0.5) is 0 Å². The van der Waals surface area contributed by atoms with Gasteiger partial charge < -0.3 is 0 Å². The molecule has 1 aromatic carbocycles. The second-order valence-electron chi connectivity index (χ2n) is 13.3. The van der Waals surface area contributed by atoms with Crippen molar-refractivity contribution in [1.82, 2.24) is 0 Å². The summed E-state index contributed by atoms with van der Waals surface area (Å²) in [6, 6.07) is 6.32. The van der Waals surface area contributed by atoms with E-state index in [0.29, 0.717) is 23.5 Å². The number of ether oxygens (including phenoxy) is 1. The number of carbonyl (C=O) groups is 1. The van der Waals surface area contributed by atoms with E-state index >= 15 is 0 Å². The van der Waals surface area contributed by atoms with E-state index in [1.807, 2.05) is 6.07 Å². The average molecular weight is 630 g/mol. The van der Waals surface area contributed by atoms with Gasteiger partial charge in [0, 0.05) is 6.92 Å². The number of benzene rings is 1. The molecule has 3 nitrogen and oxygen atoms in total. The molecule has 0 aliphatic heterocycles. The Balaban J connectivity index is 1.57. The van der Waals surface area contributed by atoms with Gasteiger partial charge >= 0.3 is 226 Å². The van der Waals surface area contributed by atoms with Gasteiger partial charge in [-0.05, 0) is 0 Å². The molecule has 3 aliphatic rings. The molecule has 0 bridgehead atoms. The molecular formula is C34H54O3Sn. The van der Waals surface area contributed by atoms with E-state index in [1.54, 1.807) is 0 Å². The number of aliphatic hydroxyl groups is 1. The van der Waals surface area contributed by atoms with Gasteiger partial charge in [0.25, 0.3) is 0 Å². The fraction of sp³-hybridized carbons (Fsp3) is 0.735. The second-order valence-corrected chi connectivity index (χ2v) is 26.3. The Morgan fingerprint density at radius 1 is 1.03 bits per heavy atom. The van der Waals surface area contributed by atoms with Gasteiger partial charge in [-0.2, -0.15) is 0 Å². The van der Waals surface area contributed by atoms with Crippen LogP contribution in [0, 0.1) is 17.3 Å². The molecule has 0 amide bonds. The number of unbranched alkanes of at least 4 members (excludes halogenated alkanes) is 3. The van der Waals surface area contributed by atoms with Gasteiger partial charge in [-0.1, -0.05) is 0 Å². The second kappa shape index (κ2) is 12.8. The first-order valence-electron chi connectivity index (χ1n) is 15.9. The first-order valence-corrected chi connectivity index (χ1v) is 23.6. The predicted molar refractivity (Wildman–Crippen MR) is 161 cm³/mol. The number of carbonyl (C=O) groups excluding carboxylic acids is 1. The van der Waals surface area contributed by atoms with Crippen LogP contribution in [0.3, 0.4) is 0 Å². The van der Waals surface area contributed by atoms with E-state index in [1.165, 1.54) is 76.3 Å². The Kier molecular flexibility index (Phi) is 10.2. The summed E-state index contributed by atoms with van der Waals surface area (Å²) < 4.78 is 12.5. The van der Waals surface area contributed by atoms with Crippen molar-refractivity contribution < 1.29 is 14.6 Å². The fourth-order valence-corrected chi connectivity index (χ4v) is 23.1. The summed E-state index contributed by atoms with van der Waals surface area (Å²) in [6.07, 6.45) is 17.0. The summed E-state index contributed by atoms with van der Waals surface area (Å²) in [6.45, 7) is 10.9. The molecule has 4 rings (SSSR count). The normalized spacial score (nSPS) is 30.6. The summed E-state index contributed by atoms with van der Waals surface area (Å²) in [4.78, 5) is 11.5. The number of aryl methyl sites for hydroxylation is 1. The van der Waals surface area contributed by atoms with Gasteiger partial charge in [-0.15, -0.1) is 0 Å². The molecule has 0 aromatic heterocycles. The third-order valence-electron chi connectivity index (χ3n) is 11.0. The molecule has 2 saturated carbocycles. The topological polar surface area (TPSA) is 46.5 Å². The number of hydrogen-bond acceptors (Lipinski definition) is 3. The minimum atomic E-state index is -2.45. The predicted octanol–water partition coefficient (Wildman–Crippen LogP) is 9.14. The van der Waals surface area contributed by atoms with Crippen LogP contribution in [0.25, 0.3) is 0 Å². The van der Waals surface area contributed by atoms with Gasteiger partial charge in [0.1, 0.15) is 0 Å². The zero-order valence-corrected chi connectivity index (χ0v) is 27.8. The molecule has 2 fully saturated rings. The zero-order chi connectivity index (χ0) is 27.4. The van der Waals surface area contributed by atoms with Gasteiger partial charge in [0.2, 0.25) is 0 Å². The van der Waals surface area contributed by atoms with Crippen LogP contribution in [0.5, 0.6) is 5.75 Å². The van der Waals surface area contributed by atoms with Gasteiger partial charge in [0.15, 0.2) is 0 Å². The van der Waals surface area contributed by atoms with Crippen molar-refractivity contribution in [2.24, 2.45) is 17.3 Å². The summed E-state index contributed by atoms with van der Waals surface area (Å²) in [5.41, 5.74) is 2.18. The van der Waals surface area contributed by atoms with Crippen LogP contribution in [-0.4, -0.2) is 35.1 Å². The van der Waals surface area contributed by atoms with Crippen molar-refractivity contribution in [1.29, 1.82) is 0 Å². The third kappa shape index (κ3) is 6.09. The number of esters is 1. The molecule has 38 heavy (non-hydrogen) atoms. The molecule has 0 spiro atoms. The van der Waals surface area contributed by atoms with E-state index in [0.717, 1.165) is 32.1 Å². The molecule has 3 aliphatic carbocycles. The van der Waals surface area contributed by atoms with Crippen LogP contribution >= 0.6 is 0 Å². The van der Waals surface area contributed by atoms with Crippen LogP contribution in [0.1, 0.15) is 122 Å². The van der Waals surface area contributed by atoms with E-state index in [-0.39, 0.29) is 11.4 Å². The van der Waals surface area contributed by atoms with E-state index in [2.05, 4.69) is 50.0 Å². The Hall–Kier alpha value is -0.811. The fourth-order valence-electron chi connectivity index (χ4n) is 8.64. The van der Waals surface area contributed by atoms with Crippen molar-refractivity contribution in [3.63, 3.8) is 0 Å². The molecule has 0 unspecified atom stereocenters. The maximum atomic E-state index is 12.4. The van der Waals surface area contributed by atoms with Crippen molar-refractivity contribution in [2.75, 3.05) is 0 Å². The SMILES string of the molecule is CCC[CH2][Sn](/[CH]=C\[C@]1(O)CC[C@H]2[C@@H]3CCc4cc(OC(C)=O)ccc4[C@H]3CC[C@@]21C)([CH2]CCC)[CH2]CCC. The monoisotopic (exact) mass is 630 g/mol. The third-order valence-corrected chi connectivity index (χ3v) is 25.0. The number of hydrogen-bond donors (Lipinski definition) is 1. The molecular weight excluding hydrogens is 575 g/mol. The van der Waals surface area contributed by atoms with Gasteiger partial charge in [-0.25, -0.2) is 0 Å². The standard InChI is InChI=1S/C22H27O3.3C4H9.Sn/c1-4-22(24)12-10-20-19-7-5-15-13-16(25-14(2)23)6-8-17(15)18(19)9-11-21(20,22)3;3*1-3-4-2;/h1,4,6,8,13,18-20,24H,5,7,9-12H2,2-3H3;3*1,3-4H2,2H3;/t18-,19-,20+,21+,22+;;;;/m1..../s1. The summed E-state index contributed by atoms with van der Waals surface area (Å²) in [7, 11) is 0. The first-order chi connectivity index (χ1) is 18.2. The van der Waals surface area contributed by atoms with E-state index in [4.69, 9.17) is 4.74 Å². The van der Waals surface area contributed by atoms with Crippen molar-refractivity contribution in [3.05, 3.63) is 39.5 Å². The zero-order valence-electron chi connectivity index (χ0n) is 25.0. The Morgan fingerprint density at radius 2 is 1.68 bits per heavy atom. The van der Waals surface area contributed by atoms with Gasteiger partial charge in [-0.3, -0.25) is 4.79 Å². The van der Waals surface area contributed by atoms with Crippen molar-refractivity contribution >= 4 is 24.3 Å². The quantitative estimate of drug-likeness (QED) is 0.143. The van der Waals surface area contributed by atoms with Crippen LogP contribution in [0.2, 0.25) is 13.3 Å². The summed E-state index contributed by atoms with van der Waals surface area (Å²) in [5, 5.41) is 12.4. The van der Waals surface area contributed by atoms with Crippen molar-refractivity contribution in [3.8, 4) is 5.75 Å². The van der Waals surface area contributed by atoms with E-state index in [9.17, 15) is 9.90 Å². The molecule has 0 heterocycles. The van der Waals surface area contributed by atoms with E-state index < -0.39 is 24.0 Å². The Bertz CT molecular complexity index is 964. The van der Waals surface area contributed by atoms with Crippen LogP contribution < -0.4 is 4.74 Å². The summed E-state index contributed by atoms with van der Waals surface area (Å²) in [5.74, 6) is 2.24. The number of fused-ring (bicyclic) bond motifs is 5. The minimum absolute atomic E-state index is 0.0161. The number of rotatable bonds is 12. The molecule has 1 N–H and O–H groups in total. The van der Waals surface area contributed by atoms with Crippen LogP contribution in [0.15, 0.2) is 28.4 Å².